The van der Waals surface area contributed by atoms with Crippen LogP contribution in [-0.2, 0) is 6.54 Å². The number of rotatable bonds is 8. The zero-order valence-electron chi connectivity index (χ0n) is 11.8. The molecule has 0 bridgehead atoms. The topological polar surface area (TPSA) is 92.9 Å². The molecule has 0 fully saturated rings. The van der Waals surface area contributed by atoms with Crippen LogP contribution in [0.2, 0.25) is 0 Å². The van der Waals surface area contributed by atoms with Crippen molar-refractivity contribution in [1.29, 1.82) is 0 Å². The fourth-order valence-electron chi connectivity index (χ4n) is 1.97. The number of unbranched alkanes of at least 4 members (excludes halogenated alkanes) is 3. The Hall–Kier alpha value is -1.72. The third-order valence-corrected chi connectivity index (χ3v) is 3.02. The van der Waals surface area contributed by atoms with Gasteiger partial charge in [-0.3, -0.25) is 14.3 Å². The highest BCUT2D eigenvalue weighted by molar-refractivity contribution is 5.60. The minimum Gasteiger partial charge on any atom is -0.383 e. The third kappa shape index (κ3) is 4.15. The number of nitrogen functional groups attached to an aromatic ring is 1. The van der Waals surface area contributed by atoms with Crippen LogP contribution >= 0.6 is 0 Å². The summed E-state index contributed by atoms with van der Waals surface area (Å²) in [5.41, 5.74) is 5.32. The molecule has 0 unspecified atom stereocenters. The van der Waals surface area contributed by atoms with Gasteiger partial charge in [-0.05, 0) is 12.8 Å². The number of nitrogens with one attached hydrogen (secondary N) is 2. The van der Waals surface area contributed by atoms with Crippen LogP contribution in [0.25, 0.3) is 0 Å². The van der Waals surface area contributed by atoms with Crippen molar-refractivity contribution in [2.24, 2.45) is 0 Å². The lowest BCUT2D eigenvalue weighted by Gasteiger charge is -2.13. The summed E-state index contributed by atoms with van der Waals surface area (Å²) >= 11 is 0. The molecule has 6 nitrogen and oxygen atoms in total. The molecule has 0 aliphatic heterocycles. The molecular weight excluding hydrogens is 244 g/mol. The molecule has 0 atom stereocenters. The molecule has 0 saturated heterocycles. The maximum Gasteiger partial charge on any atom is 0.330 e. The van der Waals surface area contributed by atoms with Crippen LogP contribution in [0.1, 0.15) is 46.0 Å². The van der Waals surface area contributed by atoms with E-state index in [4.69, 9.17) is 5.73 Å². The minimum absolute atomic E-state index is 0.228. The van der Waals surface area contributed by atoms with Gasteiger partial charge in [0.15, 0.2) is 0 Å². The Balaban J connectivity index is 2.80. The van der Waals surface area contributed by atoms with Crippen molar-refractivity contribution in [3.05, 3.63) is 20.8 Å². The summed E-state index contributed by atoms with van der Waals surface area (Å²) in [6, 6.07) is 0. The van der Waals surface area contributed by atoms with Crippen LogP contribution in [0.4, 0.5) is 11.5 Å². The molecule has 1 aromatic rings. The van der Waals surface area contributed by atoms with Crippen molar-refractivity contribution in [1.82, 2.24) is 9.55 Å². The van der Waals surface area contributed by atoms with E-state index in [9.17, 15) is 9.59 Å². The van der Waals surface area contributed by atoms with E-state index in [1.54, 1.807) is 0 Å². The lowest BCUT2D eigenvalue weighted by Crippen LogP contribution is -2.34. The second kappa shape index (κ2) is 7.66. The van der Waals surface area contributed by atoms with Crippen molar-refractivity contribution >= 4 is 11.5 Å². The lowest BCUT2D eigenvalue weighted by atomic mass is 10.2. The van der Waals surface area contributed by atoms with Crippen molar-refractivity contribution in [2.75, 3.05) is 17.6 Å². The summed E-state index contributed by atoms with van der Waals surface area (Å²) in [6.07, 6.45) is 5.24. The number of nitrogens with two attached hydrogens (primary N) is 1. The molecule has 1 rings (SSSR count). The van der Waals surface area contributed by atoms with Gasteiger partial charge in [-0.15, -0.1) is 0 Å². The average Bonchev–Trinajstić information content (AvgIpc) is 2.37. The number of hydrogen-bond donors (Lipinski definition) is 3. The molecule has 19 heavy (non-hydrogen) atoms. The highest BCUT2D eigenvalue weighted by Crippen LogP contribution is 2.10. The molecule has 0 radical (unpaired) electrons. The van der Waals surface area contributed by atoms with Gasteiger partial charge in [-0.1, -0.05) is 33.1 Å². The predicted molar refractivity (Wildman–Crippen MR) is 78.7 cm³/mol. The molecule has 0 spiro atoms. The Morgan fingerprint density at radius 1 is 1.16 bits per heavy atom. The lowest BCUT2D eigenvalue weighted by molar-refractivity contribution is 0.641. The Labute approximate surface area is 113 Å². The molecule has 1 aromatic heterocycles. The first kappa shape index (κ1) is 15.3. The Bertz CT molecular complexity index is 504. The zero-order valence-corrected chi connectivity index (χ0v) is 11.8. The fourth-order valence-corrected chi connectivity index (χ4v) is 1.97. The van der Waals surface area contributed by atoms with Gasteiger partial charge in [-0.25, -0.2) is 4.79 Å². The van der Waals surface area contributed by atoms with E-state index in [1.807, 2.05) is 6.92 Å². The van der Waals surface area contributed by atoms with Crippen LogP contribution in [0.3, 0.4) is 0 Å². The molecule has 0 aliphatic carbocycles. The molecule has 1 heterocycles. The second-order valence-electron chi connectivity index (χ2n) is 4.66. The maximum atomic E-state index is 11.7. The highest BCUT2D eigenvalue weighted by atomic mass is 16.2. The summed E-state index contributed by atoms with van der Waals surface area (Å²) in [4.78, 5) is 25.6. The summed E-state index contributed by atoms with van der Waals surface area (Å²) in [7, 11) is 0. The van der Waals surface area contributed by atoms with Crippen LogP contribution in [0, 0.1) is 0 Å². The Morgan fingerprint density at radius 3 is 2.53 bits per heavy atom. The second-order valence-corrected chi connectivity index (χ2v) is 4.66. The molecule has 6 heteroatoms. The summed E-state index contributed by atoms with van der Waals surface area (Å²) in [6.45, 7) is 5.30. The average molecular weight is 268 g/mol. The maximum absolute atomic E-state index is 11.7. The summed E-state index contributed by atoms with van der Waals surface area (Å²) in [5, 5.41) is 3.04. The number of hydrogen-bond acceptors (Lipinski definition) is 4. The highest BCUT2D eigenvalue weighted by Gasteiger charge is 2.10. The van der Waals surface area contributed by atoms with Crippen molar-refractivity contribution in [3.8, 4) is 0 Å². The molecule has 0 aromatic carbocycles. The smallest absolute Gasteiger partial charge is 0.330 e. The van der Waals surface area contributed by atoms with Gasteiger partial charge in [-0.2, -0.15) is 0 Å². The number of aromatic amines is 1. The van der Waals surface area contributed by atoms with E-state index in [1.165, 1.54) is 17.4 Å². The molecular formula is C13H24N4O2. The van der Waals surface area contributed by atoms with E-state index in [0.717, 1.165) is 19.3 Å². The van der Waals surface area contributed by atoms with E-state index in [2.05, 4.69) is 17.2 Å². The number of anilines is 2. The first-order valence-corrected chi connectivity index (χ1v) is 6.98. The molecule has 0 aliphatic rings. The van der Waals surface area contributed by atoms with Gasteiger partial charge < -0.3 is 11.1 Å². The zero-order chi connectivity index (χ0) is 14.3. The van der Waals surface area contributed by atoms with Crippen LogP contribution < -0.4 is 22.3 Å². The van der Waals surface area contributed by atoms with E-state index < -0.39 is 11.2 Å². The number of nitrogens with zero attached hydrogens (tertiary/aromatic N) is 1. The fraction of sp³-hybridized carbons (Fsp3) is 0.692. The van der Waals surface area contributed by atoms with Gasteiger partial charge in [0, 0.05) is 13.1 Å². The molecule has 0 saturated carbocycles. The van der Waals surface area contributed by atoms with Crippen molar-refractivity contribution < 1.29 is 0 Å². The van der Waals surface area contributed by atoms with Crippen molar-refractivity contribution in [2.45, 2.75) is 52.5 Å². The normalized spacial score (nSPS) is 10.6. The summed E-state index contributed by atoms with van der Waals surface area (Å²) in [5.74, 6) is 0.228. The number of aromatic nitrogens is 2. The first-order chi connectivity index (χ1) is 9.11. The van der Waals surface area contributed by atoms with E-state index in [-0.39, 0.29) is 5.82 Å². The predicted octanol–water partition coefficient (Wildman–Crippen LogP) is 1.52. The molecule has 4 N–H and O–H groups in total. The Morgan fingerprint density at radius 2 is 1.89 bits per heavy atom. The van der Waals surface area contributed by atoms with Crippen LogP contribution in [-0.4, -0.2) is 16.1 Å². The van der Waals surface area contributed by atoms with Crippen LogP contribution in [0.15, 0.2) is 9.59 Å². The standard InChI is InChI=1S/C13H24N4O2/c1-3-5-6-7-8-15-10-11(14)17(9-4-2)13(19)16-12(10)18/h15H,3-9,14H2,1-2H3,(H,16,18,19). The van der Waals surface area contributed by atoms with E-state index >= 15 is 0 Å². The number of H-pyrrole nitrogens is 1. The van der Waals surface area contributed by atoms with Gasteiger partial charge in [0.2, 0.25) is 0 Å². The third-order valence-electron chi connectivity index (χ3n) is 3.02. The largest absolute Gasteiger partial charge is 0.383 e. The van der Waals surface area contributed by atoms with Gasteiger partial charge in [0.25, 0.3) is 5.56 Å². The SMILES string of the molecule is CCCCCCNc1c(N)n(CCC)c(=O)[nH]c1=O. The van der Waals surface area contributed by atoms with Gasteiger partial charge >= 0.3 is 5.69 Å². The monoisotopic (exact) mass is 268 g/mol. The molecule has 0 amide bonds. The quantitative estimate of drug-likeness (QED) is 0.623. The minimum atomic E-state index is -0.444. The van der Waals surface area contributed by atoms with Gasteiger partial charge in [0.1, 0.15) is 11.5 Å². The Kier molecular flexibility index (Phi) is 6.18. The van der Waals surface area contributed by atoms with Crippen molar-refractivity contribution in [3.63, 3.8) is 0 Å². The van der Waals surface area contributed by atoms with Crippen LogP contribution in [0.5, 0.6) is 0 Å². The van der Waals surface area contributed by atoms with Gasteiger partial charge in [0.05, 0.1) is 0 Å². The molecule has 108 valence electrons. The summed E-state index contributed by atoms with van der Waals surface area (Å²) < 4.78 is 1.40. The van der Waals surface area contributed by atoms with E-state index in [0.29, 0.717) is 18.8 Å². The first-order valence-electron chi connectivity index (χ1n) is 6.98.